The first-order chi connectivity index (χ1) is 15.9. The Morgan fingerprint density at radius 2 is 1.55 bits per heavy atom. The molecule has 0 atom stereocenters. The number of hydrogen-bond donors (Lipinski definition) is 1. The van der Waals surface area contributed by atoms with E-state index in [1.807, 2.05) is 0 Å². The van der Waals surface area contributed by atoms with Gasteiger partial charge in [0.25, 0.3) is 0 Å². The Kier molecular flexibility index (Phi) is 10.3. The van der Waals surface area contributed by atoms with Gasteiger partial charge >= 0.3 is 11.9 Å². The number of aliphatic hydroxyl groups excluding tert-OH is 1. The standard InChI is InChI=1S/C26H26O7/c1-3-25(29)33-23-11-6-20(7-12-23)8-15-24(28)21-9-13-22(14-10-21)31-16-4-5-17-32-26(30)19(2)18-27/h3,6-15,27H,1-2,4-5,16-18H2/b15-8+. The molecule has 0 unspecified atom stereocenters. The van der Waals surface area contributed by atoms with Crippen LogP contribution in [0.25, 0.3) is 6.08 Å². The van der Waals surface area contributed by atoms with Crippen molar-refractivity contribution in [1.29, 1.82) is 0 Å². The Morgan fingerprint density at radius 3 is 2.18 bits per heavy atom. The lowest BCUT2D eigenvalue weighted by molar-refractivity contribution is -0.139. The molecule has 0 bridgehead atoms. The van der Waals surface area contributed by atoms with E-state index in [9.17, 15) is 14.4 Å². The highest BCUT2D eigenvalue weighted by molar-refractivity contribution is 6.06. The third-order valence-corrected chi connectivity index (χ3v) is 4.35. The van der Waals surface area contributed by atoms with Crippen molar-refractivity contribution in [2.45, 2.75) is 12.8 Å². The first-order valence-electron chi connectivity index (χ1n) is 10.3. The van der Waals surface area contributed by atoms with Gasteiger partial charge in [-0.05, 0) is 60.9 Å². The van der Waals surface area contributed by atoms with Crippen molar-refractivity contribution in [2.75, 3.05) is 19.8 Å². The van der Waals surface area contributed by atoms with Crippen molar-refractivity contribution in [3.05, 3.63) is 90.5 Å². The normalized spacial score (nSPS) is 10.5. The summed E-state index contributed by atoms with van der Waals surface area (Å²) in [7, 11) is 0. The molecule has 2 rings (SSSR count). The number of hydrogen-bond acceptors (Lipinski definition) is 7. The zero-order valence-electron chi connectivity index (χ0n) is 18.2. The molecule has 0 radical (unpaired) electrons. The molecule has 0 saturated carbocycles. The highest BCUT2D eigenvalue weighted by atomic mass is 16.5. The van der Waals surface area contributed by atoms with Gasteiger partial charge < -0.3 is 19.3 Å². The summed E-state index contributed by atoms with van der Waals surface area (Å²) < 4.78 is 15.6. The van der Waals surface area contributed by atoms with Crippen molar-refractivity contribution < 1.29 is 33.7 Å². The Bertz CT molecular complexity index is 1000. The molecule has 0 aliphatic rings. The van der Waals surface area contributed by atoms with Gasteiger partial charge in [-0.25, -0.2) is 9.59 Å². The number of benzene rings is 2. The zero-order valence-corrected chi connectivity index (χ0v) is 18.2. The largest absolute Gasteiger partial charge is 0.494 e. The lowest BCUT2D eigenvalue weighted by atomic mass is 10.1. The maximum atomic E-state index is 12.4. The fourth-order valence-corrected chi connectivity index (χ4v) is 2.51. The average molecular weight is 450 g/mol. The van der Waals surface area contributed by atoms with Crippen LogP contribution in [0.3, 0.4) is 0 Å². The van der Waals surface area contributed by atoms with Crippen molar-refractivity contribution in [3.63, 3.8) is 0 Å². The molecule has 2 aromatic carbocycles. The number of rotatable bonds is 13. The Labute approximate surface area is 192 Å². The minimum Gasteiger partial charge on any atom is -0.494 e. The van der Waals surface area contributed by atoms with Crippen molar-refractivity contribution >= 4 is 23.8 Å². The second kappa shape index (κ2) is 13.4. The molecule has 0 aliphatic heterocycles. The van der Waals surface area contributed by atoms with Gasteiger partial charge in [-0.2, -0.15) is 0 Å². The third kappa shape index (κ3) is 8.96. The molecule has 0 heterocycles. The SMILES string of the molecule is C=CC(=O)Oc1ccc(/C=C/C(=O)c2ccc(OCCCCOC(=O)C(=C)CO)cc2)cc1. The lowest BCUT2D eigenvalue weighted by Gasteiger charge is -2.07. The van der Waals surface area contributed by atoms with Crippen LogP contribution in [0.5, 0.6) is 11.5 Å². The van der Waals surface area contributed by atoms with Crippen LogP contribution < -0.4 is 9.47 Å². The second-order valence-electron chi connectivity index (χ2n) is 6.87. The summed E-state index contributed by atoms with van der Waals surface area (Å²) in [5, 5.41) is 8.79. The number of carbonyl (C=O) groups is 3. The number of ether oxygens (including phenoxy) is 3. The van der Waals surface area contributed by atoms with E-state index in [0.29, 0.717) is 36.5 Å². The molecule has 7 nitrogen and oxygen atoms in total. The molecule has 0 fully saturated rings. The van der Waals surface area contributed by atoms with E-state index in [4.69, 9.17) is 19.3 Å². The summed E-state index contributed by atoms with van der Waals surface area (Å²) in [6, 6.07) is 13.5. The monoisotopic (exact) mass is 450 g/mol. The molecule has 0 aliphatic carbocycles. The number of allylic oxidation sites excluding steroid dienone is 1. The fourth-order valence-electron chi connectivity index (χ4n) is 2.51. The van der Waals surface area contributed by atoms with Gasteiger partial charge in [-0.1, -0.05) is 31.4 Å². The highest BCUT2D eigenvalue weighted by Crippen LogP contribution is 2.16. The highest BCUT2D eigenvalue weighted by Gasteiger charge is 2.06. The van der Waals surface area contributed by atoms with Crippen LogP contribution in [-0.4, -0.2) is 42.6 Å². The van der Waals surface area contributed by atoms with Gasteiger partial charge in [-0.15, -0.1) is 0 Å². The number of ketones is 1. The van der Waals surface area contributed by atoms with Crippen LogP contribution in [-0.2, 0) is 14.3 Å². The minimum atomic E-state index is -0.598. The van der Waals surface area contributed by atoms with Gasteiger partial charge in [0.15, 0.2) is 5.78 Å². The van der Waals surface area contributed by atoms with Crippen molar-refractivity contribution in [1.82, 2.24) is 0 Å². The van der Waals surface area contributed by atoms with Gasteiger partial charge in [0.1, 0.15) is 11.5 Å². The first-order valence-corrected chi connectivity index (χ1v) is 10.3. The molecule has 0 aromatic heterocycles. The summed E-state index contributed by atoms with van der Waals surface area (Å²) in [6.45, 7) is 6.98. The second-order valence-corrected chi connectivity index (χ2v) is 6.87. The lowest BCUT2D eigenvalue weighted by Crippen LogP contribution is -2.11. The predicted molar refractivity (Wildman–Crippen MR) is 124 cm³/mol. The molecule has 0 saturated heterocycles. The number of esters is 2. The van der Waals surface area contributed by atoms with E-state index >= 15 is 0 Å². The Hall–Kier alpha value is -3.97. The maximum absolute atomic E-state index is 12.4. The smallest absolute Gasteiger partial charge is 0.335 e. The van der Waals surface area contributed by atoms with E-state index in [-0.39, 0.29) is 18.0 Å². The van der Waals surface area contributed by atoms with Crippen LogP contribution in [0.1, 0.15) is 28.8 Å². The summed E-state index contributed by atoms with van der Waals surface area (Å²) in [4.78, 5) is 34.9. The third-order valence-electron chi connectivity index (χ3n) is 4.35. The van der Waals surface area contributed by atoms with Crippen LogP contribution in [0.2, 0.25) is 0 Å². The van der Waals surface area contributed by atoms with Gasteiger partial charge in [0.2, 0.25) is 0 Å². The Balaban J connectivity index is 1.74. The molecule has 7 heteroatoms. The summed E-state index contributed by atoms with van der Waals surface area (Å²) in [5.41, 5.74) is 1.33. The van der Waals surface area contributed by atoms with Crippen LogP contribution in [0.15, 0.2) is 79.4 Å². The summed E-state index contributed by atoms with van der Waals surface area (Å²) in [5.74, 6) is -0.264. The maximum Gasteiger partial charge on any atom is 0.335 e. The average Bonchev–Trinajstić information content (AvgIpc) is 2.85. The first kappa shape index (κ1) is 25.3. The van der Waals surface area contributed by atoms with E-state index in [2.05, 4.69) is 13.2 Å². The van der Waals surface area contributed by atoms with E-state index in [1.54, 1.807) is 54.6 Å². The van der Waals surface area contributed by atoms with E-state index in [1.165, 1.54) is 6.08 Å². The van der Waals surface area contributed by atoms with Crippen LogP contribution >= 0.6 is 0 Å². The van der Waals surface area contributed by atoms with Crippen molar-refractivity contribution in [3.8, 4) is 11.5 Å². The fraction of sp³-hybridized carbons (Fsp3) is 0.192. The van der Waals surface area contributed by atoms with Gasteiger partial charge in [-0.3, -0.25) is 4.79 Å². The van der Waals surface area contributed by atoms with Crippen LogP contribution in [0, 0.1) is 0 Å². The van der Waals surface area contributed by atoms with E-state index < -0.39 is 18.5 Å². The molecule has 172 valence electrons. The number of aliphatic hydroxyl groups is 1. The molecule has 33 heavy (non-hydrogen) atoms. The Morgan fingerprint density at radius 1 is 0.909 bits per heavy atom. The van der Waals surface area contributed by atoms with Crippen LogP contribution in [0.4, 0.5) is 0 Å². The molecule has 0 spiro atoms. The van der Waals surface area contributed by atoms with Crippen molar-refractivity contribution in [2.24, 2.45) is 0 Å². The zero-order chi connectivity index (χ0) is 24.1. The van der Waals surface area contributed by atoms with Gasteiger partial charge in [0.05, 0.1) is 25.4 Å². The number of unbranched alkanes of at least 4 members (excludes halogenated alkanes) is 1. The summed E-state index contributed by atoms with van der Waals surface area (Å²) in [6.07, 6.45) is 5.51. The van der Waals surface area contributed by atoms with Gasteiger partial charge in [0, 0.05) is 11.6 Å². The topological polar surface area (TPSA) is 99.1 Å². The van der Waals surface area contributed by atoms with E-state index in [0.717, 1.165) is 11.6 Å². The molecular formula is C26H26O7. The molecule has 2 aromatic rings. The quantitative estimate of drug-likeness (QED) is 0.162. The molecular weight excluding hydrogens is 424 g/mol. The predicted octanol–water partition coefficient (Wildman–Crippen LogP) is 3.92. The molecule has 0 amide bonds. The number of carbonyl (C=O) groups excluding carboxylic acids is 3. The minimum absolute atomic E-state index is 0.0279. The molecule has 1 N–H and O–H groups in total. The summed E-state index contributed by atoms with van der Waals surface area (Å²) >= 11 is 0.